The number of nitrogens with two attached hydrogens (primary N) is 1. The summed E-state index contributed by atoms with van der Waals surface area (Å²) < 4.78 is 72.3. The van der Waals surface area contributed by atoms with E-state index in [9.17, 15) is 32.3 Å². The van der Waals surface area contributed by atoms with Gasteiger partial charge in [0.05, 0.1) is 26.5 Å². The summed E-state index contributed by atoms with van der Waals surface area (Å²) in [6, 6.07) is 9.74. The first-order valence-corrected chi connectivity index (χ1v) is 11.8. The number of benzene rings is 2. The molecular formula is C27H27F4N3O6. The molecule has 4 N–H and O–H groups in total. The van der Waals surface area contributed by atoms with Crippen molar-refractivity contribution >= 4 is 11.8 Å². The molecule has 0 aliphatic carbocycles. The molecule has 40 heavy (non-hydrogen) atoms. The summed E-state index contributed by atoms with van der Waals surface area (Å²) >= 11 is 0. The van der Waals surface area contributed by atoms with Crippen LogP contribution in [0.1, 0.15) is 28.5 Å². The SMILES string of the molecule is CCc1cc(-c2nc(C(O)(CNC(=O)c3ccc(OCC(N)=O)c(OC)c3)C(F)(F)F)ccc2OC)ccc1F. The Balaban J connectivity index is 1.94. The lowest BCUT2D eigenvalue weighted by Gasteiger charge is -2.30. The molecule has 9 nitrogen and oxygen atoms in total. The summed E-state index contributed by atoms with van der Waals surface area (Å²) in [5.41, 5.74) is 1.03. The van der Waals surface area contributed by atoms with Gasteiger partial charge in [-0.05, 0) is 60.5 Å². The monoisotopic (exact) mass is 565 g/mol. The van der Waals surface area contributed by atoms with E-state index < -0.39 is 48.3 Å². The predicted molar refractivity (Wildman–Crippen MR) is 136 cm³/mol. The Morgan fingerprint density at radius 3 is 2.27 bits per heavy atom. The number of aliphatic hydroxyl groups is 1. The lowest BCUT2D eigenvalue weighted by Crippen LogP contribution is -2.51. The summed E-state index contributed by atoms with van der Waals surface area (Å²) in [6.07, 6.45) is -4.94. The van der Waals surface area contributed by atoms with E-state index in [1.54, 1.807) is 6.92 Å². The molecule has 214 valence electrons. The minimum atomic E-state index is -5.26. The second kappa shape index (κ2) is 12.2. The number of hydrogen-bond donors (Lipinski definition) is 3. The number of carbonyl (C=O) groups excluding carboxylic acids is 2. The number of pyridine rings is 1. The number of ether oxygens (including phenoxy) is 3. The molecule has 0 saturated heterocycles. The number of carbonyl (C=O) groups is 2. The molecule has 1 aromatic heterocycles. The van der Waals surface area contributed by atoms with Crippen LogP contribution in [0.2, 0.25) is 0 Å². The molecule has 1 atom stereocenters. The number of primary amides is 1. The third kappa shape index (κ3) is 6.42. The largest absolute Gasteiger partial charge is 0.494 e. The van der Waals surface area contributed by atoms with Crippen LogP contribution in [0, 0.1) is 5.82 Å². The Bertz CT molecular complexity index is 1400. The van der Waals surface area contributed by atoms with Crippen LogP contribution >= 0.6 is 0 Å². The first kappa shape index (κ1) is 30.2. The van der Waals surface area contributed by atoms with Crippen LogP contribution in [-0.2, 0) is 16.8 Å². The smallest absolute Gasteiger partial charge is 0.424 e. The van der Waals surface area contributed by atoms with Gasteiger partial charge in [0.15, 0.2) is 18.1 Å². The molecule has 0 aliphatic rings. The van der Waals surface area contributed by atoms with E-state index in [-0.39, 0.29) is 34.1 Å². The van der Waals surface area contributed by atoms with Gasteiger partial charge in [0, 0.05) is 11.1 Å². The quantitative estimate of drug-likeness (QED) is 0.303. The highest BCUT2D eigenvalue weighted by Gasteiger charge is 2.56. The molecule has 3 aromatic rings. The minimum Gasteiger partial charge on any atom is -0.494 e. The fourth-order valence-electron chi connectivity index (χ4n) is 3.76. The second-order valence-corrected chi connectivity index (χ2v) is 8.57. The van der Waals surface area contributed by atoms with Gasteiger partial charge in [0.2, 0.25) is 5.60 Å². The van der Waals surface area contributed by atoms with Gasteiger partial charge in [-0.15, -0.1) is 0 Å². The lowest BCUT2D eigenvalue weighted by atomic mass is 9.96. The van der Waals surface area contributed by atoms with E-state index in [1.807, 2.05) is 0 Å². The van der Waals surface area contributed by atoms with Crippen LogP contribution in [-0.4, -0.2) is 55.5 Å². The van der Waals surface area contributed by atoms with Crippen molar-refractivity contribution in [2.45, 2.75) is 25.1 Å². The third-order valence-electron chi connectivity index (χ3n) is 5.97. The van der Waals surface area contributed by atoms with Crippen molar-refractivity contribution in [1.29, 1.82) is 0 Å². The fraction of sp³-hybridized carbons (Fsp3) is 0.296. The molecule has 2 amide bonds. The van der Waals surface area contributed by atoms with Gasteiger partial charge in [0.1, 0.15) is 17.3 Å². The number of nitrogens with zero attached hydrogens (tertiary/aromatic N) is 1. The van der Waals surface area contributed by atoms with Gasteiger partial charge in [0.25, 0.3) is 11.8 Å². The van der Waals surface area contributed by atoms with Gasteiger partial charge < -0.3 is 30.4 Å². The van der Waals surface area contributed by atoms with Crippen molar-refractivity contribution in [2.24, 2.45) is 5.73 Å². The van der Waals surface area contributed by atoms with Gasteiger partial charge in [-0.2, -0.15) is 13.2 Å². The number of amides is 2. The minimum absolute atomic E-state index is 0.0205. The van der Waals surface area contributed by atoms with Gasteiger partial charge in [-0.25, -0.2) is 9.37 Å². The number of methoxy groups -OCH3 is 2. The van der Waals surface area contributed by atoms with Crippen LogP contribution in [0.3, 0.4) is 0 Å². The molecule has 1 heterocycles. The van der Waals surface area contributed by atoms with Crippen LogP contribution in [0.15, 0.2) is 48.5 Å². The van der Waals surface area contributed by atoms with Crippen molar-refractivity contribution in [3.8, 4) is 28.5 Å². The Labute approximate surface area is 226 Å². The summed E-state index contributed by atoms with van der Waals surface area (Å²) in [6.45, 7) is -0.0410. The van der Waals surface area contributed by atoms with Crippen molar-refractivity contribution in [3.63, 3.8) is 0 Å². The van der Waals surface area contributed by atoms with Crippen LogP contribution in [0.4, 0.5) is 17.6 Å². The van der Waals surface area contributed by atoms with E-state index in [4.69, 9.17) is 19.9 Å². The second-order valence-electron chi connectivity index (χ2n) is 8.57. The van der Waals surface area contributed by atoms with Gasteiger partial charge in [-0.1, -0.05) is 6.92 Å². The average Bonchev–Trinajstić information content (AvgIpc) is 2.93. The number of alkyl halides is 3. The zero-order valence-corrected chi connectivity index (χ0v) is 21.8. The molecule has 0 fully saturated rings. The molecule has 2 aromatic carbocycles. The van der Waals surface area contributed by atoms with Gasteiger partial charge in [-0.3, -0.25) is 9.59 Å². The molecule has 13 heteroatoms. The Morgan fingerprint density at radius 2 is 1.68 bits per heavy atom. The summed E-state index contributed by atoms with van der Waals surface area (Å²) in [5.74, 6) is -2.02. The summed E-state index contributed by atoms with van der Waals surface area (Å²) in [5, 5.41) is 12.9. The number of aromatic nitrogens is 1. The zero-order valence-electron chi connectivity index (χ0n) is 21.8. The third-order valence-corrected chi connectivity index (χ3v) is 5.97. The molecule has 0 bridgehead atoms. The van der Waals surface area contributed by atoms with Crippen molar-refractivity contribution in [2.75, 3.05) is 27.4 Å². The molecule has 1 unspecified atom stereocenters. The maximum atomic E-state index is 14.3. The van der Waals surface area contributed by atoms with E-state index in [0.717, 1.165) is 12.1 Å². The van der Waals surface area contributed by atoms with Crippen molar-refractivity contribution < 1.29 is 46.5 Å². The maximum Gasteiger partial charge on any atom is 0.424 e. The molecule has 3 rings (SSSR count). The summed E-state index contributed by atoms with van der Waals surface area (Å²) in [4.78, 5) is 27.7. The average molecular weight is 566 g/mol. The summed E-state index contributed by atoms with van der Waals surface area (Å²) in [7, 11) is 2.55. The van der Waals surface area contributed by atoms with Crippen LogP contribution in [0.5, 0.6) is 17.2 Å². The topological polar surface area (TPSA) is 133 Å². The van der Waals surface area contributed by atoms with E-state index in [0.29, 0.717) is 12.0 Å². The van der Waals surface area contributed by atoms with E-state index >= 15 is 0 Å². The maximum absolute atomic E-state index is 14.3. The number of hydrogen-bond acceptors (Lipinski definition) is 7. The normalized spacial score (nSPS) is 12.8. The fourth-order valence-corrected chi connectivity index (χ4v) is 3.76. The Morgan fingerprint density at radius 1 is 1.00 bits per heavy atom. The number of aryl methyl sites for hydroxylation is 1. The molecular weight excluding hydrogens is 538 g/mol. The van der Waals surface area contributed by atoms with Crippen molar-refractivity contribution in [3.05, 3.63) is 71.2 Å². The predicted octanol–water partition coefficient (Wildman–Crippen LogP) is 3.51. The van der Waals surface area contributed by atoms with Crippen LogP contribution in [0.25, 0.3) is 11.3 Å². The molecule has 0 radical (unpaired) electrons. The Kier molecular flexibility index (Phi) is 9.20. The first-order chi connectivity index (χ1) is 18.8. The molecule has 0 aliphatic heterocycles. The van der Waals surface area contributed by atoms with E-state index in [2.05, 4.69) is 10.3 Å². The number of halogens is 4. The number of nitrogens with one attached hydrogen (secondary N) is 1. The highest BCUT2D eigenvalue weighted by Crippen LogP contribution is 2.40. The number of rotatable bonds is 11. The van der Waals surface area contributed by atoms with Gasteiger partial charge >= 0.3 is 6.18 Å². The highest BCUT2D eigenvalue weighted by molar-refractivity contribution is 5.95. The molecule has 0 saturated carbocycles. The van der Waals surface area contributed by atoms with Crippen molar-refractivity contribution in [1.82, 2.24) is 10.3 Å². The van der Waals surface area contributed by atoms with Crippen LogP contribution < -0.4 is 25.3 Å². The first-order valence-electron chi connectivity index (χ1n) is 11.8. The zero-order chi connectivity index (χ0) is 29.7. The lowest BCUT2D eigenvalue weighted by molar-refractivity contribution is -0.265. The standard InChI is InChI=1S/C27H27F4N3O6/c1-4-15-11-16(5-7-18(15)28)24-20(38-2)9-10-22(34-24)26(37,27(29,30)31)14-33-25(36)17-6-8-19(21(12-17)39-3)40-13-23(32)35/h5-12,37H,4,13-14H2,1-3H3,(H2,32,35)(H,33,36). The van der Waals surface area contributed by atoms with E-state index in [1.165, 1.54) is 50.6 Å². The highest BCUT2D eigenvalue weighted by atomic mass is 19.4. The molecule has 0 spiro atoms. The Hall–Kier alpha value is -4.39.